The van der Waals surface area contributed by atoms with Crippen molar-refractivity contribution in [3.63, 3.8) is 0 Å². The van der Waals surface area contributed by atoms with Gasteiger partial charge in [0, 0.05) is 25.4 Å². The van der Waals surface area contributed by atoms with E-state index in [-0.39, 0.29) is 24.7 Å². The fraction of sp³-hybridized carbons (Fsp3) is 0.524. The second-order valence-electron chi connectivity index (χ2n) is 8.10. The second-order valence-corrected chi connectivity index (χ2v) is 8.10. The van der Waals surface area contributed by atoms with Crippen LogP contribution in [0.5, 0.6) is 0 Å². The lowest BCUT2D eigenvalue weighted by Crippen LogP contribution is -2.60. The van der Waals surface area contributed by atoms with Gasteiger partial charge >= 0.3 is 6.18 Å². The summed E-state index contributed by atoms with van der Waals surface area (Å²) in [4.78, 5) is 26.5. The van der Waals surface area contributed by atoms with Crippen LogP contribution in [-0.2, 0) is 4.79 Å². The molecule has 2 saturated heterocycles. The number of likely N-dealkylation sites (tertiary alicyclic amines) is 1. The van der Waals surface area contributed by atoms with Crippen LogP contribution in [0.4, 0.5) is 24.8 Å². The Morgan fingerprint density at radius 2 is 1.97 bits per heavy atom. The van der Waals surface area contributed by atoms with Gasteiger partial charge < -0.3 is 10.6 Å². The number of nitrogens with one attached hydrogen (secondary N) is 2. The van der Waals surface area contributed by atoms with E-state index >= 15 is 0 Å². The Kier molecular flexibility index (Phi) is 6.08. The van der Waals surface area contributed by atoms with E-state index in [1.165, 1.54) is 4.90 Å². The maximum atomic E-state index is 13.6. The molecule has 3 unspecified atom stereocenters. The normalized spacial score (nSPS) is 25.2. The van der Waals surface area contributed by atoms with Crippen molar-refractivity contribution >= 4 is 17.5 Å². The van der Waals surface area contributed by atoms with Gasteiger partial charge in [-0.15, -0.1) is 0 Å². The highest BCUT2D eigenvalue weighted by atomic mass is 19.4. The van der Waals surface area contributed by atoms with Gasteiger partial charge in [0.2, 0.25) is 5.91 Å². The van der Waals surface area contributed by atoms with Crippen LogP contribution in [0.3, 0.4) is 0 Å². The molecular weight excluding hydrogens is 409 g/mol. The number of halogens is 3. The predicted molar refractivity (Wildman–Crippen MR) is 109 cm³/mol. The SMILES string of the molecule is Cc1nccc(Nc2cc(C3CC(=O)NC(N4CCCCC4C(F)(F)F)C3)ccn2)n1. The third kappa shape index (κ3) is 5.12. The van der Waals surface area contributed by atoms with Crippen LogP contribution in [0, 0.1) is 6.92 Å². The zero-order valence-corrected chi connectivity index (χ0v) is 17.2. The third-order valence-corrected chi connectivity index (χ3v) is 5.88. The molecule has 0 aliphatic carbocycles. The number of alkyl halides is 3. The summed E-state index contributed by atoms with van der Waals surface area (Å²) in [6, 6.07) is 3.85. The van der Waals surface area contributed by atoms with E-state index in [1.807, 2.05) is 12.1 Å². The third-order valence-electron chi connectivity index (χ3n) is 5.88. The summed E-state index contributed by atoms with van der Waals surface area (Å²) in [5.74, 6) is 1.35. The summed E-state index contributed by atoms with van der Waals surface area (Å²) in [6.45, 7) is 2.11. The summed E-state index contributed by atoms with van der Waals surface area (Å²) in [5.41, 5.74) is 0.865. The van der Waals surface area contributed by atoms with Crippen LogP contribution in [0.15, 0.2) is 30.6 Å². The van der Waals surface area contributed by atoms with Crippen LogP contribution in [0.25, 0.3) is 0 Å². The molecule has 0 aromatic carbocycles. The van der Waals surface area contributed by atoms with Crippen molar-refractivity contribution < 1.29 is 18.0 Å². The number of hydrogen-bond donors (Lipinski definition) is 2. The summed E-state index contributed by atoms with van der Waals surface area (Å²) >= 11 is 0. The van der Waals surface area contributed by atoms with Crippen molar-refractivity contribution in [3.05, 3.63) is 42.0 Å². The van der Waals surface area contributed by atoms with Crippen LogP contribution in [0.2, 0.25) is 0 Å². The fourth-order valence-electron chi connectivity index (χ4n) is 4.46. The van der Waals surface area contributed by atoms with E-state index in [0.717, 1.165) is 5.56 Å². The molecule has 0 radical (unpaired) electrons. The number of rotatable bonds is 4. The number of aryl methyl sites for hydroxylation is 1. The highest BCUT2D eigenvalue weighted by Crippen LogP contribution is 2.37. The van der Waals surface area contributed by atoms with Gasteiger partial charge in [-0.3, -0.25) is 9.69 Å². The number of nitrogens with zero attached hydrogens (tertiary/aromatic N) is 4. The first kappa shape index (κ1) is 21.5. The largest absolute Gasteiger partial charge is 0.404 e. The number of carbonyl (C=O) groups is 1. The molecule has 166 valence electrons. The van der Waals surface area contributed by atoms with Crippen molar-refractivity contribution in [3.8, 4) is 0 Å². The number of pyridine rings is 1. The average Bonchev–Trinajstić information content (AvgIpc) is 2.73. The van der Waals surface area contributed by atoms with E-state index in [1.54, 1.807) is 25.4 Å². The first-order valence-corrected chi connectivity index (χ1v) is 10.4. The molecule has 2 N–H and O–H groups in total. The lowest BCUT2D eigenvalue weighted by Gasteiger charge is -2.44. The van der Waals surface area contributed by atoms with Crippen molar-refractivity contribution in [2.75, 3.05) is 11.9 Å². The molecule has 2 aromatic heterocycles. The van der Waals surface area contributed by atoms with Crippen molar-refractivity contribution in [2.24, 2.45) is 0 Å². The van der Waals surface area contributed by atoms with Crippen LogP contribution in [0.1, 0.15) is 49.4 Å². The number of hydrogen-bond acceptors (Lipinski definition) is 6. The molecule has 2 fully saturated rings. The molecule has 1 amide bonds. The van der Waals surface area contributed by atoms with Crippen LogP contribution < -0.4 is 10.6 Å². The van der Waals surface area contributed by atoms with E-state index in [2.05, 4.69) is 25.6 Å². The first-order valence-electron chi connectivity index (χ1n) is 10.4. The van der Waals surface area contributed by atoms with Gasteiger partial charge in [0.05, 0.1) is 6.17 Å². The quantitative estimate of drug-likeness (QED) is 0.764. The van der Waals surface area contributed by atoms with Crippen LogP contribution in [-0.4, -0.2) is 50.7 Å². The van der Waals surface area contributed by atoms with Crippen LogP contribution >= 0.6 is 0 Å². The minimum Gasteiger partial charge on any atom is -0.341 e. The average molecular weight is 434 g/mol. The summed E-state index contributed by atoms with van der Waals surface area (Å²) in [6.07, 6.45) is 0.312. The second kappa shape index (κ2) is 8.78. The topological polar surface area (TPSA) is 83.0 Å². The Balaban J connectivity index is 1.52. The molecule has 7 nitrogen and oxygen atoms in total. The van der Waals surface area contributed by atoms with Gasteiger partial charge in [0.25, 0.3) is 0 Å². The molecule has 4 rings (SSSR count). The number of amides is 1. The van der Waals surface area contributed by atoms with Gasteiger partial charge in [-0.1, -0.05) is 6.42 Å². The summed E-state index contributed by atoms with van der Waals surface area (Å²) in [5, 5.41) is 5.90. The lowest BCUT2D eigenvalue weighted by atomic mass is 9.87. The zero-order chi connectivity index (χ0) is 22.0. The molecule has 3 atom stereocenters. The number of anilines is 2. The Labute approximate surface area is 178 Å². The molecule has 10 heteroatoms. The number of piperidine rings is 2. The Morgan fingerprint density at radius 3 is 2.74 bits per heavy atom. The van der Waals surface area contributed by atoms with E-state index < -0.39 is 18.4 Å². The Morgan fingerprint density at radius 1 is 1.16 bits per heavy atom. The molecule has 2 aliphatic rings. The molecule has 2 aliphatic heterocycles. The molecule has 31 heavy (non-hydrogen) atoms. The number of aromatic nitrogens is 3. The fourth-order valence-corrected chi connectivity index (χ4v) is 4.46. The molecule has 2 aromatic rings. The minimum absolute atomic E-state index is 0.0716. The molecule has 0 saturated carbocycles. The van der Waals surface area contributed by atoms with Crippen molar-refractivity contribution in [1.29, 1.82) is 0 Å². The highest BCUT2D eigenvalue weighted by molar-refractivity contribution is 5.78. The van der Waals surface area contributed by atoms with Gasteiger partial charge in [-0.25, -0.2) is 15.0 Å². The van der Waals surface area contributed by atoms with Gasteiger partial charge in [0.1, 0.15) is 23.5 Å². The van der Waals surface area contributed by atoms with Gasteiger partial charge in [0.15, 0.2) is 0 Å². The lowest BCUT2D eigenvalue weighted by molar-refractivity contribution is -0.201. The highest BCUT2D eigenvalue weighted by Gasteiger charge is 2.47. The zero-order valence-electron chi connectivity index (χ0n) is 17.2. The maximum Gasteiger partial charge on any atom is 0.404 e. The van der Waals surface area contributed by atoms with Crippen molar-refractivity contribution in [2.45, 2.75) is 63.3 Å². The Bertz CT molecular complexity index is 937. The minimum atomic E-state index is -4.30. The van der Waals surface area contributed by atoms with E-state index in [9.17, 15) is 18.0 Å². The molecule has 0 spiro atoms. The first-order chi connectivity index (χ1) is 14.8. The van der Waals surface area contributed by atoms with E-state index in [0.29, 0.717) is 43.3 Å². The predicted octanol–water partition coefficient (Wildman–Crippen LogP) is 3.66. The monoisotopic (exact) mass is 434 g/mol. The van der Waals surface area contributed by atoms with Crippen molar-refractivity contribution in [1.82, 2.24) is 25.2 Å². The molecular formula is C21H25F3N6O. The standard InChI is InChI=1S/C21H25F3N6O/c1-13-25-8-6-17(27-13)28-18-10-14(5-7-26-18)15-11-19(29-20(31)12-15)30-9-3-2-4-16(30)21(22,23)24/h5-8,10,15-16,19H,2-4,9,11-12H2,1H3,(H,29,31)(H,25,26,27,28). The van der Waals surface area contributed by atoms with E-state index in [4.69, 9.17) is 0 Å². The molecule has 4 heterocycles. The number of carbonyl (C=O) groups excluding carboxylic acids is 1. The Hall–Kier alpha value is -2.75. The summed E-state index contributed by atoms with van der Waals surface area (Å²) in [7, 11) is 0. The maximum absolute atomic E-state index is 13.6. The summed E-state index contributed by atoms with van der Waals surface area (Å²) < 4.78 is 40.7. The van der Waals surface area contributed by atoms with Gasteiger partial charge in [-0.2, -0.15) is 13.2 Å². The smallest absolute Gasteiger partial charge is 0.341 e. The molecule has 0 bridgehead atoms. The van der Waals surface area contributed by atoms with Gasteiger partial charge in [-0.05, 0) is 55.9 Å².